The normalized spacial score (nSPS) is 11.4. The molecule has 3 amide bonds. The fourth-order valence-corrected chi connectivity index (χ4v) is 2.07. The number of amides is 3. The van der Waals surface area contributed by atoms with Gasteiger partial charge in [0.2, 0.25) is 5.91 Å². The molecule has 0 spiro atoms. The van der Waals surface area contributed by atoms with E-state index in [4.69, 9.17) is 5.11 Å². The molecular formula is C11H15N3O4S. The highest BCUT2D eigenvalue weighted by molar-refractivity contribution is 7.10. The largest absolute Gasteiger partial charge is 0.479 e. The van der Waals surface area contributed by atoms with Gasteiger partial charge in [-0.3, -0.25) is 4.79 Å². The molecule has 0 aromatic carbocycles. The summed E-state index contributed by atoms with van der Waals surface area (Å²) in [4.78, 5) is 33.7. The van der Waals surface area contributed by atoms with Crippen molar-refractivity contribution in [3.63, 3.8) is 0 Å². The number of nitrogens with one attached hydrogen (secondary N) is 3. The second kappa shape index (κ2) is 7.37. The average Bonchev–Trinajstić information content (AvgIpc) is 2.84. The number of aliphatic carboxylic acids is 1. The van der Waals surface area contributed by atoms with Crippen LogP contribution in [0.25, 0.3) is 0 Å². The molecule has 7 nitrogen and oxygen atoms in total. The van der Waals surface area contributed by atoms with Crippen molar-refractivity contribution in [3.05, 3.63) is 22.4 Å². The quantitative estimate of drug-likeness (QED) is 0.564. The molecule has 19 heavy (non-hydrogen) atoms. The van der Waals surface area contributed by atoms with Crippen LogP contribution in [0.5, 0.6) is 0 Å². The van der Waals surface area contributed by atoms with Crippen LogP contribution in [0.2, 0.25) is 0 Å². The van der Waals surface area contributed by atoms with Gasteiger partial charge < -0.3 is 21.1 Å². The van der Waals surface area contributed by atoms with Crippen molar-refractivity contribution >= 4 is 29.2 Å². The molecule has 0 aliphatic heterocycles. The Morgan fingerprint density at radius 3 is 2.53 bits per heavy atom. The topological polar surface area (TPSA) is 108 Å². The van der Waals surface area contributed by atoms with E-state index < -0.39 is 18.0 Å². The van der Waals surface area contributed by atoms with E-state index in [-0.39, 0.29) is 12.5 Å². The monoisotopic (exact) mass is 285 g/mol. The van der Waals surface area contributed by atoms with E-state index in [1.54, 1.807) is 17.5 Å². The van der Waals surface area contributed by atoms with Gasteiger partial charge in [0.15, 0.2) is 6.04 Å². The Morgan fingerprint density at radius 2 is 2.00 bits per heavy atom. The third-order valence-corrected chi connectivity index (χ3v) is 3.07. The van der Waals surface area contributed by atoms with E-state index in [1.807, 2.05) is 0 Å². The maximum Gasteiger partial charge on any atom is 0.331 e. The minimum absolute atomic E-state index is 0.191. The first kappa shape index (κ1) is 15.0. The molecule has 104 valence electrons. The number of hydrogen-bond acceptors (Lipinski definition) is 4. The summed E-state index contributed by atoms with van der Waals surface area (Å²) in [5.41, 5.74) is 0. The maximum atomic E-state index is 11.5. The first-order valence-corrected chi connectivity index (χ1v) is 6.43. The van der Waals surface area contributed by atoms with Gasteiger partial charge in [-0.2, -0.15) is 0 Å². The first-order chi connectivity index (χ1) is 9.00. The van der Waals surface area contributed by atoms with Crippen LogP contribution in [0.1, 0.15) is 17.8 Å². The van der Waals surface area contributed by atoms with Gasteiger partial charge in [0, 0.05) is 24.9 Å². The molecule has 1 aromatic rings. The fraction of sp³-hybridized carbons (Fsp3) is 0.364. The van der Waals surface area contributed by atoms with Crippen molar-refractivity contribution in [2.45, 2.75) is 13.0 Å². The molecule has 0 radical (unpaired) electrons. The lowest BCUT2D eigenvalue weighted by Crippen LogP contribution is -2.43. The zero-order valence-corrected chi connectivity index (χ0v) is 11.1. The fourth-order valence-electron chi connectivity index (χ4n) is 1.31. The van der Waals surface area contributed by atoms with Crippen LogP contribution in [0.4, 0.5) is 4.79 Å². The van der Waals surface area contributed by atoms with Crippen LogP contribution in [-0.2, 0) is 9.59 Å². The molecule has 1 heterocycles. The second-order valence-electron chi connectivity index (χ2n) is 3.67. The van der Waals surface area contributed by atoms with Gasteiger partial charge in [-0.05, 0) is 11.4 Å². The lowest BCUT2D eigenvalue weighted by atomic mass is 10.2. The summed E-state index contributed by atoms with van der Waals surface area (Å²) in [6.45, 7) is 1.89. The third-order valence-electron chi connectivity index (χ3n) is 2.13. The van der Waals surface area contributed by atoms with Crippen molar-refractivity contribution in [1.29, 1.82) is 0 Å². The lowest BCUT2D eigenvalue weighted by molar-refractivity contribution is -0.139. The van der Waals surface area contributed by atoms with Crippen LogP contribution in [0.3, 0.4) is 0 Å². The molecule has 0 fully saturated rings. The van der Waals surface area contributed by atoms with Gasteiger partial charge in [0.05, 0.1) is 0 Å². The lowest BCUT2D eigenvalue weighted by Gasteiger charge is -2.13. The molecule has 0 saturated carbocycles. The predicted molar refractivity (Wildman–Crippen MR) is 69.9 cm³/mol. The molecule has 0 aliphatic carbocycles. The Balaban J connectivity index is 2.40. The number of rotatable bonds is 6. The van der Waals surface area contributed by atoms with E-state index in [0.717, 1.165) is 0 Å². The number of carboxylic acid groups (broad SMARTS) is 1. The van der Waals surface area contributed by atoms with Gasteiger partial charge in [0.25, 0.3) is 0 Å². The zero-order chi connectivity index (χ0) is 14.3. The summed E-state index contributed by atoms with van der Waals surface area (Å²) in [5, 5.41) is 18.1. The van der Waals surface area contributed by atoms with E-state index >= 15 is 0 Å². The molecule has 1 unspecified atom stereocenters. The highest BCUT2D eigenvalue weighted by atomic mass is 32.1. The third kappa shape index (κ3) is 5.38. The molecule has 1 atom stereocenters. The first-order valence-electron chi connectivity index (χ1n) is 5.55. The summed E-state index contributed by atoms with van der Waals surface area (Å²) in [6.07, 6.45) is 0. The average molecular weight is 285 g/mol. The van der Waals surface area contributed by atoms with Crippen LogP contribution in [0.15, 0.2) is 17.5 Å². The number of thiophene rings is 1. The summed E-state index contributed by atoms with van der Waals surface area (Å²) in [6, 6.07) is 1.69. The number of carbonyl (C=O) groups excluding carboxylic acids is 2. The number of carboxylic acids is 1. The van der Waals surface area contributed by atoms with Crippen molar-refractivity contribution < 1.29 is 19.5 Å². The molecule has 8 heteroatoms. The molecule has 1 rings (SSSR count). The molecule has 0 saturated heterocycles. The van der Waals surface area contributed by atoms with Crippen LogP contribution < -0.4 is 16.0 Å². The highest BCUT2D eigenvalue weighted by Crippen LogP contribution is 2.18. The van der Waals surface area contributed by atoms with Gasteiger partial charge in [-0.15, -0.1) is 11.3 Å². The van der Waals surface area contributed by atoms with Crippen molar-refractivity contribution in [3.8, 4) is 0 Å². The van der Waals surface area contributed by atoms with Crippen molar-refractivity contribution in [2.75, 3.05) is 13.1 Å². The summed E-state index contributed by atoms with van der Waals surface area (Å²) < 4.78 is 0. The van der Waals surface area contributed by atoms with Gasteiger partial charge in [-0.25, -0.2) is 9.59 Å². The maximum absolute atomic E-state index is 11.5. The standard InChI is InChI=1S/C11H15N3O4S/c1-7(15)12-4-5-13-11(18)14-9(10(16)17)8-3-2-6-19-8/h2-3,6,9H,4-5H2,1H3,(H,12,15)(H,16,17)(H2,13,14,18). The van der Waals surface area contributed by atoms with Crippen LogP contribution in [0, 0.1) is 0 Å². The minimum Gasteiger partial charge on any atom is -0.479 e. The van der Waals surface area contributed by atoms with Crippen LogP contribution >= 0.6 is 11.3 Å². The zero-order valence-electron chi connectivity index (χ0n) is 10.3. The Hall–Kier alpha value is -2.09. The summed E-state index contributed by atoms with van der Waals surface area (Å²) >= 11 is 1.25. The van der Waals surface area contributed by atoms with Gasteiger partial charge in [-0.1, -0.05) is 6.07 Å². The number of carbonyl (C=O) groups is 3. The van der Waals surface area contributed by atoms with E-state index in [1.165, 1.54) is 18.3 Å². The molecule has 0 aliphatic rings. The summed E-state index contributed by atoms with van der Waals surface area (Å²) in [7, 11) is 0. The van der Waals surface area contributed by atoms with E-state index in [2.05, 4.69) is 16.0 Å². The molecule has 1 aromatic heterocycles. The smallest absolute Gasteiger partial charge is 0.331 e. The predicted octanol–water partition coefficient (Wildman–Crippen LogP) is 0.309. The second-order valence-corrected chi connectivity index (χ2v) is 4.65. The van der Waals surface area contributed by atoms with E-state index in [0.29, 0.717) is 11.4 Å². The number of hydrogen-bond donors (Lipinski definition) is 4. The Morgan fingerprint density at radius 1 is 1.32 bits per heavy atom. The Labute approximate surface area is 114 Å². The highest BCUT2D eigenvalue weighted by Gasteiger charge is 2.22. The van der Waals surface area contributed by atoms with Crippen molar-refractivity contribution in [2.24, 2.45) is 0 Å². The Kier molecular flexibility index (Phi) is 5.80. The van der Waals surface area contributed by atoms with Crippen LogP contribution in [-0.4, -0.2) is 36.1 Å². The Bertz CT molecular complexity index is 447. The molecule has 4 N–H and O–H groups in total. The van der Waals surface area contributed by atoms with Gasteiger partial charge in [0.1, 0.15) is 0 Å². The van der Waals surface area contributed by atoms with E-state index in [9.17, 15) is 14.4 Å². The van der Waals surface area contributed by atoms with Gasteiger partial charge >= 0.3 is 12.0 Å². The number of urea groups is 1. The summed E-state index contributed by atoms with van der Waals surface area (Å²) in [5.74, 6) is -1.32. The molecular weight excluding hydrogens is 270 g/mol. The minimum atomic E-state index is -1.13. The molecule has 0 bridgehead atoms. The SMILES string of the molecule is CC(=O)NCCNC(=O)NC(C(=O)O)c1cccs1. The van der Waals surface area contributed by atoms with Crippen molar-refractivity contribution in [1.82, 2.24) is 16.0 Å².